The van der Waals surface area contributed by atoms with Crippen LogP contribution in [-0.2, 0) is 0 Å². The van der Waals surface area contributed by atoms with Gasteiger partial charge in [0, 0.05) is 15.4 Å². The Morgan fingerprint density at radius 2 is 2.06 bits per heavy atom. The first-order chi connectivity index (χ1) is 8.39. The highest BCUT2D eigenvalue weighted by Gasteiger charge is 2.43. The second-order valence-corrected chi connectivity index (χ2v) is 6.38. The summed E-state index contributed by atoms with van der Waals surface area (Å²) < 4.78 is 38.9. The average molecular weight is 343 g/mol. The molecule has 0 aliphatic heterocycles. The number of hydrogen-bond acceptors (Lipinski definition) is 2. The normalized spacial score (nSPS) is 27.2. The lowest BCUT2D eigenvalue weighted by molar-refractivity contribution is -0.189. The quantitative estimate of drug-likeness (QED) is 0.809. The second kappa shape index (κ2) is 5.51. The summed E-state index contributed by atoms with van der Waals surface area (Å²) >= 11 is 4.75. The number of aliphatic hydroxyl groups is 1. The van der Waals surface area contributed by atoms with Crippen LogP contribution < -0.4 is 0 Å². The molecule has 1 saturated carbocycles. The molecule has 1 aliphatic rings. The van der Waals surface area contributed by atoms with Gasteiger partial charge in [-0.25, -0.2) is 0 Å². The fourth-order valence-corrected chi connectivity index (χ4v) is 4.13. The van der Waals surface area contributed by atoms with Crippen molar-refractivity contribution in [2.24, 2.45) is 11.8 Å². The molecule has 6 heteroatoms. The summed E-state index contributed by atoms with van der Waals surface area (Å²) in [5.74, 6) is -1.56. The molecular formula is C12H14BrF3OS. The van der Waals surface area contributed by atoms with Gasteiger partial charge in [-0.1, -0.05) is 6.42 Å². The van der Waals surface area contributed by atoms with E-state index in [9.17, 15) is 18.3 Å². The topological polar surface area (TPSA) is 20.2 Å². The molecule has 1 nitrogen and oxygen atoms in total. The Morgan fingerprint density at radius 1 is 1.33 bits per heavy atom. The van der Waals surface area contributed by atoms with Crippen LogP contribution >= 0.6 is 27.3 Å². The molecule has 0 saturated heterocycles. The highest BCUT2D eigenvalue weighted by Crippen LogP contribution is 2.45. The first-order valence-corrected chi connectivity index (χ1v) is 7.59. The largest absolute Gasteiger partial charge is 0.391 e. The van der Waals surface area contributed by atoms with Crippen LogP contribution in [0.5, 0.6) is 0 Å². The van der Waals surface area contributed by atoms with Crippen molar-refractivity contribution in [1.82, 2.24) is 0 Å². The molecule has 0 spiro atoms. The number of hydrogen-bond donors (Lipinski definition) is 1. The van der Waals surface area contributed by atoms with E-state index in [-0.39, 0.29) is 18.8 Å². The molecule has 1 N–H and O–H groups in total. The van der Waals surface area contributed by atoms with E-state index < -0.39 is 18.2 Å². The van der Waals surface area contributed by atoms with E-state index in [0.717, 1.165) is 4.47 Å². The molecule has 1 aromatic heterocycles. The third kappa shape index (κ3) is 3.08. The Hall–Kier alpha value is -0.0700. The predicted octanol–water partition coefficient (Wildman–Crippen LogP) is 4.91. The van der Waals surface area contributed by atoms with Crippen LogP contribution in [0.2, 0.25) is 0 Å². The zero-order valence-corrected chi connectivity index (χ0v) is 12.0. The zero-order valence-electron chi connectivity index (χ0n) is 9.58. The van der Waals surface area contributed by atoms with Gasteiger partial charge in [-0.15, -0.1) is 0 Å². The maximum Gasteiger partial charge on any atom is 0.391 e. The van der Waals surface area contributed by atoms with Crippen molar-refractivity contribution in [3.63, 3.8) is 0 Å². The van der Waals surface area contributed by atoms with Crippen LogP contribution in [0.15, 0.2) is 15.2 Å². The van der Waals surface area contributed by atoms with Gasteiger partial charge < -0.3 is 5.11 Å². The van der Waals surface area contributed by atoms with Crippen LogP contribution in [0.1, 0.15) is 37.4 Å². The molecule has 102 valence electrons. The van der Waals surface area contributed by atoms with Crippen LogP contribution in [0.4, 0.5) is 13.2 Å². The minimum Gasteiger partial charge on any atom is -0.388 e. The summed E-state index contributed by atoms with van der Waals surface area (Å²) in [5.41, 5.74) is 0.716. The van der Waals surface area contributed by atoms with Gasteiger partial charge in [-0.05, 0) is 46.5 Å². The molecule has 1 fully saturated rings. The average Bonchev–Trinajstić information content (AvgIpc) is 2.73. The SMILES string of the molecule is OC(c1cscc1Br)C1CCCC(C(F)(F)F)C1. The van der Waals surface area contributed by atoms with E-state index in [1.165, 1.54) is 11.3 Å². The third-order valence-electron chi connectivity index (χ3n) is 3.59. The molecule has 1 aromatic rings. The molecule has 2 rings (SSSR count). The van der Waals surface area contributed by atoms with Gasteiger partial charge in [0.15, 0.2) is 0 Å². The van der Waals surface area contributed by atoms with Gasteiger partial charge in [0.1, 0.15) is 0 Å². The summed E-state index contributed by atoms with van der Waals surface area (Å²) in [6.45, 7) is 0. The smallest absolute Gasteiger partial charge is 0.388 e. The van der Waals surface area contributed by atoms with Gasteiger partial charge in [-0.2, -0.15) is 24.5 Å². The summed E-state index contributed by atoms with van der Waals surface area (Å²) in [5, 5.41) is 13.8. The molecule has 1 aliphatic carbocycles. The van der Waals surface area contributed by atoms with Crippen molar-refractivity contribution in [2.45, 2.75) is 38.0 Å². The molecule has 3 unspecified atom stereocenters. The lowest BCUT2D eigenvalue weighted by Gasteiger charge is -2.33. The maximum absolute atomic E-state index is 12.7. The molecule has 0 amide bonds. The summed E-state index contributed by atoms with van der Waals surface area (Å²) in [6, 6.07) is 0. The molecular weight excluding hydrogens is 329 g/mol. The Labute approximate surface area is 116 Å². The summed E-state index contributed by atoms with van der Waals surface area (Å²) in [4.78, 5) is 0. The Kier molecular flexibility index (Phi) is 4.39. The van der Waals surface area contributed by atoms with Crippen molar-refractivity contribution < 1.29 is 18.3 Å². The van der Waals surface area contributed by atoms with E-state index in [2.05, 4.69) is 15.9 Å². The zero-order chi connectivity index (χ0) is 13.3. The standard InChI is InChI=1S/C12H14BrF3OS/c13-10-6-18-5-9(10)11(17)7-2-1-3-8(4-7)12(14,15)16/h5-8,11,17H,1-4H2. The van der Waals surface area contributed by atoms with Gasteiger partial charge in [0.2, 0.25) is 0 Å². The van der Waals surface area contributed by atoms with Gasteiger partial charge in [0.25, 0.3) is 0 Å². The first-order valence-electron chi connectivity index (χ1n) is 5.86. The lowest BCUT2D eigenvalue weighted by atomic mass is 9.77. The number of halogens is 4. The first kappa shape index (κ1) is 14.3. The van der Waals surface area contributed by atoms with Crippen LogP contribution in [0.25, 0.3) is 0 Å². The van der Waals surface area contributed by atoms with Crippen molar-refractivity contribution >= 4 is 27.3 Å². The number of rotatable bonds is 2. The number of alkyl halides is 3. The lowest BCUT2D eigenvalue weighted by Crippen LogP contribution is -2.31. The van der Waals surface area contributed by atoms with E-state index in [1.54, 1.807) is 5.38 Å². The van der Waals surface area contributed by atoms with E-state index in [1.807, 2.05) is 5.38 Å². The molecule has 3 atom stereocenters. The minimum atomic E-state index is -4.13. The van der Waals surface area contributed by atoms with E-state index in [4.69, 9.17) is 0 Å². The molecule has 0 radical (unpaired) electrons. The molecule has 0 aromatic carbocycles. The van der Waals surface area contributed by atoms with Crippen molar-refractivity contribution in [2.75, 3.05) is 0 Å². The fourth-order valence-electron chi connectivity index (χ4n) is 2.57. The highest BCUT2D eigenvalue weighted by atomic mass is 79.9. The number of thiophene rings is 1. The van der Waals surface area contributed by atoms with Crippen LogP contribution in [0.3, 0.4) is 0 Å². The molecule has 1 heterocycles. The summed E-state index contributed by atoms with van der Waals surface area (Å²) in [7, 11) is 0. The monoisotopic (exact) mass is 342 g/mol. The van der Waals surface area contributed by atoms with Gasteiger partial charge in [0.05, 0.1) is 12.0 Å². The van der Waals surface area contributed by atoms with Crippen molar-refractivity contribution in [3.8, 4) is 0 Å². The van der Waals surface area contributed by atoms with Gasteiger partial charge >= 0.3 is 6.18 Å². The maximum atomic E-state index is 12.7. The van der Waals surface area contributed by atoms with Crippen LogP contribution in [-0.4, -0.2) is 11.3 Å². The van der Waals surface area contributed by atoms with Crippen molar-refractivity contribution in [1.29, 1.82) is 0 Å². The van der Waals surface area contributed by atoms with Crippen LogP contribution in [0, 0.1) is 11.8 Å². The van der Waals surface area contributed by atoms with Crippen molar-refractivity contribution in [3.05, 3.63) is 20.8 Å². The summed E-state index contributed by atoms with van der Waals surface area (Å²) in [6.07, 6.45) is -3.51. The highest BCUT2D eigenvalue weighted by molar-refractivity contribution is 9.10. The number of aliphatic hydroxyl groups excluding tert-OH is 1. The fraction of sp³-hybridized carbons (Fsp3) is 0.667. The Balaban J connectivity index is 2.07. The Bertz CT molecular complexity index is 404. The molecule has 0 bridgehead atoms. The Morgan fingerprint density at radius 3 is 2.61 bits per heavy atom. The second-order valence-electron chi connectivity index (χ2n) is 4.79. The minimum absolute atomic E-state index is 0.0347. The van der Waals surface area contributed by atoms with E-state index in [0.29, 0.717) is 18.4 Å². The predicted molar refractivity (Wildman–Crippen MR) is 68.5 cm³/mol. The van der Waals surface area contributed by atoms with E-state index >= 15 is 0 Å². The van der Waals surface area contributed by atoms with Gasteiger partial charge in [-0.3, -0.25) is 0 Å². The third-order valence-corrected chi connectivity index (χ3v) is 5.34. The molecule has 18 heavy (non-hydrogen) atoms.